The van der Waals surface area contributed by atoms with E-state index in [9.17, 15) is 19.2 Å². The molecule has 31 heavy (non-hydrogen) atoms. The molecule has 1 aliphatic rings. The van der Waals surface area contributed by atoms with Gasteiger partial charge in [0.1, 0.15) is 17.8 Å². The lowest BCUT2D eigenvalue weighted by molar-refractivity contribution is -0.133. The first-order valence-corrected chi connectivity index (χ1v) is 9.90. The summed E-state index contributed by atoms with van der Waals surface area (Å²) in [5.41, 5.74) is 0.794. The molecule has 0 radical (unpaired) electrons. The Bertz CT molecular complexity index is 1020. The molecule has 1 heterocycles. The van der Waals surface area contributed by atoms with E-state index < -0.39 is 29.9 Å². The fourth-order valence-electron chi connectivity index (χ4n) is 3.41. The number of imide groups is 1. The second-order valence-electron chi connectivity index (χ2n) is 7.69. The topological polar surface area (TPSA) is 105 Å². The zero-order valence-electron chi connectivity index (χ0n) is 17.7. The van der Waals surface area contributed by atoms with E-state index in [1.54, 1.807) is 38.3 Å². The van der Waals surface area contributed by atoms with Gasteiger partial charge in [-0.05, 0) is 56.5 Å². The molecular formula is C23H25N3O5. The molecule has 1 fully saturated rings. The van der Waals surface area contributed by atoms with Gasteiger partial charge >= 0.3 is 6.03 Å². The highest BCUT2D eigenvalue weighted by Crippen LogP contribution is 2.24. The normalized spacial score (nSPS) is 18.0. The number of nitrogens with zero attached hydrogens (tertiary/aromatic N) is 1. The van der Waals surface area contributed by atoms with Crippen molar-refractivity contribution in [1.29, 1.82) is 0 Å². The third-order valence-electron chi connectivity index (χ3n) is 5.27. The third kappa shape index (κ3) is 5.09. The van der Waals surface area contributed by atoms with Crippen molar-refractivity contribution in [1.82, 2.24) is 10.2 Å². The number of rotatable bonds is 8. The molecule has 8 nitrogen and oxygen atoms in total. The number of hydrogen-bond acceptors (Lipinski definition) is 5. The lowest BCUT2D eigenvalue weighted by Gasteiger charge is -2.21. The largest absolute Gasteiger partial charge is 0.497 e. The van der Waals surface area contributed by atoms with Gasteiger partial charge in [-0.2, -0.15) is 0 Å². The standard InChI is InChI=1S/C23H25N3O5/c1-15(27)17-5-4-6-18(13-17)24-20(28)14-26-21(29)23(2,25-22(26)30)12-11-16-7-9-19(31-3)10-8-16/h4-10,13H,11-12,14H2,1-3H3,(H,24,28)(H,25,30)/t23-/m1/s1. The Morgan fingerprint density at radius 3 is 2.48 bits per heavy atom. The van der Waals surface area contributed by atoms with Crippen molar-refractivity contribution in [3.8, 4) is 5.75 Å². The number of nitrogens with one attached hydrogen (secondary N) is 2. The number of Topliss-reactive ketones (excluding diaryl/α,β-unsaturated/α-hetero) is 1. The Hall–Kier alpha value is -3.68. The molecule has 162 valence electrons. The quantitative estimate of drug-likeness (QED) is 0.502. The molecule has 4 amide bonds. The maximum Gasteiger partial charge on any atom is 0.325 e. The summed E-state index contributed by atoms with van der Waals surface area (Å²) in [5.74, 6) is -0.355. The van der Waals surface area contributed by atoms with Gasteiger partial charge in [-0.1, -0.05) is 24.3 Å². The summed E-state index contributed by atoms with van der Waals surface area (Å²) in [4.78, 5) is 50.1. The Balaban J connectivity index is 1.61. The highest BCUT2D eigenvalue weighted by Gasteiger charge is 2.47. The van der Waals surface area contributed by atoms with Crippen molar-refractivity contribution in [2.45, 2.75) is 32.2 Å². The van der Waals surface area contributed by atoms with Crippen molar-refractivity contribution in [3.05, 3.63) is 59.7 Å². The highest BCUT2D eigenvalue weighted by molar-refractivity contribution is 6.10. The van der Waals surface area contributed by atoms with Crippen LogP contribution in [0.3, 0.4) is 0 Å². The number of benzene rings is 2. The minimum absolute atomic E-state index is 0.127. The van der Waals surface area contributed by atoms with E-state index in [1.165, 1.54) is 6.92 Å². The van der Waals surface area contributed by atoms with Gasteiger partial charge in [0, 0.05) is 11.3 Å². The summed E-state index contributed by atoms with van der Waals surface area (Å²) in [6.07, 6.45) is 0.965. The van der Waals surface area contributed by atoms with Crippen LogP contribution in [0.2, 0.25) is 0 Å². The van der Waals surface area contributed by atoms with Crippen molar-refractivity contribution in [2.24, 2.45) is 0 Å². The first-order valence-electron chi connectivity index (χ1n) is 9.90. The molecule has 0 aliphatic carbocycles. The van der Waals surface area contributed by atoms with Crippen LogP contribution in [0.4, 0.5) is 10.5 Å². The molecule has 8 heteroatoms. The van der Waals surface area contributed by atoms with Gasteiger partial charge in [-0.15, -0.1) is 0 Å². The monoisotopic (exact) mass is 423 g/mol. The summed E-state index contributed by atoms with van der Waals surface area (Å²) in [5, 5.41) is 5.33. The SMILES string of the molecule is COc1ccc(CC[C@@]2(C)NC(=O)N(CC(=O)Nc3cccc(C(C)=O)c3)C2=O)cc1. The number of carbonyl (C=O) groups is 4. The molecule has 3 rings (SSSR count). The molecule has 0 saturated carbocycles. The molecule has 2 aromatic carbocycles. The minimum Gasteiger partial charge on any atom is -0.497 e. The van der Waals surface area contributed by atoms with Crippen LogP contribution in [-0.4, -0.2) is 47.7 Å². The van der Waals surface area contributed by atoms with Gasteiger partial charge in [0.15, 0.2) is 5.78 Å². The van der Waals surface area contributed by atoms with Gasteiger partial charge < -0.3 is 15.4 Å². The highest BCUT2D eigenvalue weighted by atomic mass is 16.5. The Labute approximate surface area is 180 Å². The summed E-state index contributed by atoms with van der Waals surface area (Å²) in [7, 11) is 1.59. The molecule has 0 aromatic heterocycles. The van der Waals surface area contributed by atoms with Crippen molar-refractivity contribution < 1.29 is 23.9 Å². The number of ketones is 1. The Kier molecular flexibility index (Phi) is 6.39. The van der Waals surface area contributed by atoms with Crippen LogP contribution in [0, 0.1) is 0 Å². The lowest BCUT2D eigenvalue weighted by Crippen LogP contribution is -2.45. The molecule has 1 saturated heterocycles. The first-order chi connectivity index (χ1) is 14.7. The Morgan fingerprint density at radius 1 is 1.13 bits per heavy atom. The lowest BCUT2D eigenvalue weighted by atomic mass is 9.93. The maximum atomic E-state index is 12.9. The molecule has 2 aromatic rings. The van der Waals surface area contributed by atoms with Crippen molar-refractivity contribution in [3.63, 3.8) is 0 Å². The Morgan fingerprint density at radius 2 is 1.84 bits per heavy atom. The molecule has 0 spiro atoms. The van der Waals surface area contributed by atoms with E-state index in [2.05, 4.69) is 10.6 Å². The van der Waals surface area contributed by atoms with Gasteiger partial charge in [-0.25, -0.2) is 4.79 Å². The summed E-state index contributed by atoms with van der Waals surface area (Å²) in [6, 6.07) is 13.4. The van der Waals surface area contributed by atoms with Gasteiger partial charge in [0.25, 0.3) is 5.91 Å². The summed E-state index contributed by atoms with van der Waals surface area (Å²) in [6.45, 7) is 2.68. The number of aryl methyl sites for hydroxylation is 1. The fraction of sp³-hybridized carbons (Fsp3) is 0.304. The number of urea groups is 1. The second-order valence-corrected chi connectivity index (χ2v) is 7.69. The molecule has 0 bridgehead atoms. The average molecular weight is 423 g/mol. The zero-order valence-corrected chi connectivity index (χ0v) is 17.7. The summed E-state index contributed by atoms with van der Waals surface area (Å²) < 4.78 is 5.14. The first kappa shape index (κ1) is 22.0. The van der Waals surface area contributed by atoms with E-state index in [0.717, 1.165) is 16.2 Å². The van der Waals surface area contributed by atoms with E-state index in [4.69, 9.17) is 4.74 Å². The maximum absolute atomic E-state index is 12.9. The summed E-state index contributed by atoms with van der Waals surface area (Å²) >= 11 is 0. The number of methoxy groups -OCH3 is 1. The second kappa shape index (κ2) is 8.99. The molecule has 2 N–H and O–H groups in total. The van der Waals surface area contributed by atoms with Crippen LogP contribution < -0.4 is 15.4 Å². The van der Waals surface area contributed by atoms with Crippen LogP contribution in [0.25, 0.3) is 0 Å². The molecule has 1 atom stereocenters. The molecule has 0 unspecified atom stereocenters. The molecular weight excluding hydrogens is 398 g/mol. The van der Waals surface area contributed by atoms with E-state index in [0.29, 0.717) is 24.1 Å². The van der Waals surface area contributed by atoms with Crippen LogP contribution in [0.15, 0.2) is 48.5 Å². The van der Waals surface area contributed by atoms with E-state index in [-0.39, 0.29) is 5.78 Å². The number of amides is 4. The van der Waals surface area contributed by atoms with Gasteiger partial charge in [-0.3, -0.25) is 19.3 Å². The zero-order chi connectivity index (χ0) is 22.6. The predicted octanol–water partition coefficient (Wildman–Crippen LogP) is 2.78. The number of anilines is 1. The number of ether oxygens (including phenoxy) is 1. The van der Waals surface area contributed by atoms with Crippen LogP contribution in [0.5, 0.6) is 5.75 Å². The minimum atomic E-state index is -1.09. The van der Waals surface area contributed by atoms with Gasteiger partial charge in [0.2, 0.25) is 5.91 Å². The van der Waals surface area contributed by atoms with Crippen molar-refractivity contribution >= 4 is 29.3 Å². The molecule has 1 aliphatic heterocycles. The smallest absolute Gasteiger partial charge is 0.325 e. The van der Waals surface area contributed by atoms with E-state index in [1.807, 2.05) is 24.3 Å². The number of carbonyl (C=O) groups excluding carboxylic acids is 4. The van der Waals surface area contributed by atoms with Crippen LogP contribution >= 0.6 is 0 Å². The third-order valence-corrected chi connectivity index (χ3v) is 5.27. The fourth-order valence-corrected chi connectivity index (χ4v) is 3.41. The van der Waals surface area contributed by atoms with Gasteiger partial charge in [0.05, 0.1) is 7.11 Å². The van der Waals surface area contributed by atoms with Crippen molar-refractivity contribution in [2.75, 3.05) is 19.0 Å². The predicted molar refractivity (Wildman–Crippen MR) is 115 cm³/mol. The van der Waals surface area contributed by atoms with E-state index >= 15 is 0 Å². The average Bonchev–Trinajstić information content (AvgIpc) is 2.96. The number of hydrogen-bond donors (Lipinski definition) is 2. The van der Waals surface area contributed by atoms with Crippen LogP contribution in [0.1, 0.15) is 36.2 Å². The van der Waals surface area contributed by atoms with Crippen LogP contribution in [-0.2, 0) is 16.0 Å².